The molecule has 0 atom stereocenters. The molecule has 0 aliphatic rings. The van der Waals surface area contributed by atoms with E-state index in [1.54, 1.807) is 32.0 Å². The van der Waals surface area contributed by atoms with Gasteiger partial charge in [-0.2, -0.15) is 0 Å². The van der Waals surface area contributed by atoms with Gasteiger partial charge in [-0.1, -0.05) is 12.1 Å². The molecular formula is C13H19NO3. The molecule has 0 saturated carbocycles. The average Bonchev–Trinajstić information content (AvgIpc) is 2.26. The molecule has 4 nitrogen and oxygen atoms in total. The van der Waals surface area contributed by atoms with E-state index in [1.807, 2.05) is 13.0 Å². The summed E-state index contributed by atoms with van der Waals surface area (Å²) in [5, 5.41) is 12.2. The van der Waals surface area contributed by atoms with Gasteiger partial charge in [0, 0.05) is 6.54 Å². The number of benzene rings is 1. The first-order valence-electron chi connectivity index (χ1n) is 5.66. The Balaban J connectivity index is 2.74. The minimum atomic E-state index is -0.920. The van der Waals surface area contributed by atoms with E-state index in [4.69, 9.17) is 4.74 Å². The third-order valence-electron chi connectivity index (χ3n) is 2.11. The summed E-state index contributed by atoms with van der Waals surface area (Å²) in [5.74, 6) is 0.319. The number of hydrogen-bond acceptors (Lipinski definition) is 3. The van der Waals surface area contributed by atoms with Crippen molar-refractivity contribution in [1.82, 2.24) is 5.32 Å². The highest BCUT2D eigenvalue weighted by atomic mass is 16.5. The summed E-state index contributed by atoms with van der Waals surface area (Å²) in [4.78, 5) is 11.9. The van der Waals surface area contributed by atoms with E-state index in [1.165, 1.54) is 0 Å². The highest BCUT2D eigenvalue weighted by Gasteiger charge is 2.16. The van der Waals surface area contributed by atoms with Crippen LogP contribution >= 0.6 is 0 Å². The van der Waals surface area contributed by atoms with Gasteiger partial charge in [0.15, 0.2) is 0 Å². The van der Waals surface area contributed by atoms with Crippen molar-refractivity contribution in [3.05, 3.63) is 29.8 Å². The summed E-state index contributed by atoms with van der Waals surface area (Å²) in [6, 6.07) is 7.05. The molecule has 0 aromatic heterocycles. The Bertz CT molecular complexity index is 382. The van der Waals surface area contributed by atoms with E-state index in [0.29, 0.717) is 17.9 Å². The fourth-order valence-corrected chi connectivity index (χ4v) is 1.33. The molecule has 0 aliphatic heterocycles. The monoisotopic (exact) mass is 237 g/mol. The van der Waals surface area contributed by atoms with Crippen LogP contribution in [-0.2, 0) is 0 Å². The zero-order valence-corrected chi connectivity index (χ0v) is 10.5. The Labute approximate surface area is 102 Å². The van der Waals surface area contributed by atoms with Crippen LogP contribution in [0.2, 0.25) is 0 Å². The van der Waals surface area contributed by atoms with E-state index < -0.39 is 5.60 Å². The number of rotatable bonds is 5. The molecule has 0 saturated heterocycles. The fraction of sp³-hybridized carbons (Fsp3) is 0.462. The normalized spacial score (nSPS) is 11.1. The third-order valence-corrected chi connectivity index (χ3v) is 2.11. The Hall–Kier alpha value is -1.55. The highest BCUT2D eigenvalue weighted by Crippen LogP contribution is 2.17. The van der Waals surface area contributed by atoms with Gasteiger partial charge in [-0.25, -0.2) is 0 Å². The molecule has 0 unspecified atom stereocenters. The second kappa shape index (κ2) is 5.68. The lowest BCUT2D eigenvalue weighted by atomic mass is 10.1. The Morgan fingerprint density at radius 1 is 1.41 bits per heavy atom. The number of hydrogen-bond donors (Lipinski definition) is 2. The SMILES string of the molecule is CCOc1ccccc1C(=O)NCC(C)(C)O. The van der Waals surface area contributed by atoms with Gasteiger partial charge in [0.25, 0.3) is 5.91 Å². The Morgan fingerprint density at radius 2 is 2.06 bits per heavy atom. The maximum atomic E-state index is 11.9. The number of amides is 1. The first kappa shape index (κ1) is 13.5. The molecule has 0 fully saturated rings. The van der Waals surface area contributed by atoms with Crippen LogP contribution in [0.4, 0.5) is 0 Å². The van der Waals surface area contributed by atoms with E-state index in [9.17, 15) is 9.90 Å². The van der Waals surface area contributed by atoms with E-state index in [0.717, 1.165) is 0 Å². The van der Waals surface area contributed by atoms with Crippen molar-refractivity contribution in [2.75, 3.05) is 13.2 Å². The van der Waals surface area contributed by atoms with Crippen molar-refractivity contribution in [3.63, 3.8) is 0 Å². The number of para-hydroxylation sites is 1. The topological polar surface area (TPSA) is 58.6 Å². The zero-order chi connectivity index (χ0) is 12.9. The molecule has 0 bridgehead atoms. The predicted molar refractivity (Wildman–Crippen MR) is 66.2 cm³/mol. The maximum Gasteiger partial charge on any atom is 0.255 e. The van der Waals surface area contributed by atoms with E-state index in [-0.39, 0.29) is 12.5 Å². The number of aliphatic hydroxyl groups is 1. The molecule has 1 rings (SSSR count). The summed E-state index contributed by atoms with van der Waals surface area (Å²) < 4.78 is 5.37. The molecular weight excluding hydrogens is 218 g/mol. The van der Waals surface area contributed by atoms with E-state index in [2.05, 4.69) is 5.32 Å². The lowest BCUT2D eigenvalue weighted by Crippen LogP contribution is -2.38. The first-order chi connectivity index (χ1) is 7.94. The summed E-state index contributed by atoms with van der Waals surface area (Å²) in [7, 11) is 0. The number of nitrogens with one attached hydrogen (secondary N) is 1. The molecule has 1 aromatic rings. The highest BCUT2D eigenvalue weighted by molar-refractivity contribution is 5.96. The van der Waals surface area contributed by atoms with Crippen LogP contribution in [-0.4, -0.2) is 29.8 Å². The molecule has 0 radical (unpaired) electrons. The largest absolute Gasteiger partial charge is 0.493 e. The van der Waals surface area contributed by atoms with Gasteiger partial charge in [0.2, 0.25) is 0 Å². The van der Waals surface area contributed by atoms with Crippen LogP contribution in [0.25, 0.3) is 0 Å². The van der Waals surface area contributed by atoms with Gasteiger partial charge in [0.1, 0.15) is 5.75 Å². The minimum absolute atomic E-state index is 0.201. The molecule has 1 amide bonds. The van der Waals surface area contributed by atoms with Crippen molar-refractivity contribution < 1.29 is 14.6 Å². The Morgan fingerprint density at radius 3 is 2.65 bits per heavy atom. The summed E-state index contributed by atoms with van der Waals surface area (Å²) in [6.45, 7) is 5.86. The van der Waals surface area contributed by atoms with E-state index >= 15 is 0 Å². The van der Waals surface area contributed by atoms with Gasteiger partial charge < -0.3 is 15.2 Å². The maximum absolute atomic E-state index is 11.9. The number of carbonyl (C=O) groups is 1. The van der Waals surface area contributed by atoms with Crippen LogP contribution in [0.5, 0.6) is 5.75 Å². The fourth-order valence-electron chi connectivity index (χ4n) is 1.33. The number of carbonyl (C=O) groups excluding carboxylic acids is 1. The van der Waals surface area contributed by atoms with Crippen molar-refractivity contribution in [2.45, 2.75) is 26.4 Å². The summed E-state index contributed by atoms with van der Waals surface area (Å²) in [5.41, 5.74) is -0.436. The summed E-state index contributed by atoms with van der Waals surface area (Å²) >= 11 is 0. The van der Waals surface area contributed by atoms with Crippen molar-refractivity contribution in [3.8, 4) is 5.75 Å². The zero-order valence-electron chi connectivity index (χ0n) is 10.5. The lowest BCUT2D eigenvalue weighted by molar-refractivity contribution is 0.0692. The van der Waals surface area contributed by atoms with Crippen LogP contribution in [0.15, 0.2) is 24.3 Å². The standard InChI is InChI=1S/C13H19NO3/c1-4-17-11-8-6-5-7-10(11)12(15)14-9-13(2,3)16/h5-8,16H,4,9H2,1-3H3,(H,14,15). The van der Waals surface area contributed by atoms with Crippen molar-refractivity contribution >= 4 is 5.91 Å². The molecule has 2 N–H and O–H groups in total. The van der Waals surface area contributed by atoms with Crippen molar-refractivity contribution in [1.29, 1.82) is 0 Å². The second-order valence-corrected chi connectivity index (χ2v) is 4.42. The molecule has 4 heteroatoms. The minimum Gasteiger partial charge on any atom is -0.493 e. The van der Waals surface area contributed by atoms with Crippen LogP contribution in [0.1, 0.15) is 31.1 Å². The molecule has 0 aliphatic carbocycles. The Kier molecular flexibility index (Phi) is 4.52. The smallest absolute Gasteiger partial charge is 0.255 e. The first-order valence-corrected chi connectivity index (χ1v) is 5.66. The molecule has 17 heavy (non-hydrogen) atoms. The summed E-state index contributed by atoms with van der Waals surface area (Å²) in [6.07, 6.45) is 0. The van der Waals surface area contributed by atoms with Gasteiger partial charge in [-0.05, 0) is 32.9 Å². The van der Waals surface area contributed by atoms with Crippen LogP contribution in [0.3, 0.4) is 0 Å². The molecule has 94 valence electrons. The van der Waals surface area contributed by atoms with Crippen molar-refractivity contribution in [2.24, 2.45) is 0 Å². The molecule has 0 heterocycles. The average molecular weight is 237 g/mol. The number of ether oxygens (including phenoxy) is 1. The second-order valence-electron chi connectivity index (χ2n) is 4.42. The predicted octanol–water partition coefficient (Wildman–Crippen LogP) is 1.59. The van der Waals surface area contributed by atoms with Crippen LogP contribution < -0.4 is 10.1 Å². The van der Waals surface area contributed by atoms with Gasteiger partial charge in [-0.15, -0.1) is 0 Å². The molecule has 1 aromatic carbocycles. The van der Waals surface area contributed by atoms with Gasteiger partial charge in [-0.3, -0.25) is 4.79 Å². The van der Waals surface area contributed by atoms with Crippen LogP contribution in [0, 0.1) is 0 Å². The lowest BCUT2D eigenvalue weighted by Gasteiger charge is -2.18. The quantitative estimate of drug-likeness (QED) is 0.817. The molecule has 0 spiro atoms. The van der Waals surface area contributed by atoms with Gasteiger partial charge in [0.05, 0.1) is 17.8 Å². The van der Waals surface area contributed by atoms with Gasteiger partial charge >= 0.3 is 0 Å². The third kappa shape index (κ3) is 4.44.